The highest BCUT2D eigenvalue weighted by Gasteiger charge is 2.13. The summed E-state index contributed by atoms with van der Waals surface area (Å²) < 4.78 is 7.29. The number of benzene rings is 2. The summed E-state index contributed by atoms with van der Waals surface area (Å²) in [5.74, 6) is 1.22. The minimum Gasteiger partial charge on any atom is -0.471 e. The Bertz CT molecular complexity index is 645. The molecule has 0 saturated heterocycles. The van der Waals surface area contributed by atoms with Crippen LogP contribution in [0.25, 0.3) is 22.9 Å². The maximum Gasteiger partial charge on any atom is 0.275 e. The van der Waals surface area contributed by atoms with Gasteiger partial charge in [0, 0.05) is 23.3 Å². The molecule has 0 spiro atoms. The molecule has 18 heavy (non-hydrogen) atoms. The third kappa shape index (κ3) is 1.86. The van der Waals surface area contributed by atoms with E-state index in [1.165, 1.54) is 4.68 Å². The maximum absolute atomic E-state index is 5.78. The Kier molecular flexibility index (Phi) is 2.57. The van der Waals surface area contributed by atoms with Gasteiger partial charge in [0.05, 0.1) is 0 Å². The fraction of sp³-hybridized carbons (Fsp3) is 0. The van der Waals surface area contributed by atoms with Gasteiger partial charge < -0.3 is 4.42 Å². The second kappa shape index (κ2) is 4.37. The number of rotatable bonds is 2. The Balaban J connectivity index is 2.07. The van der Waals surface area contributed by atoms with Crippen LogP contribution in [0.4, 0.5) is 0 Å². The molecule has 3 nitrogen and oxygen atoms in total. The summed E-state index contributed by atoms with van der Waals surface area (Å²) in [6.45, 7) is 0. The lowest BCUT2D eigenvalue weighted by Crippen LogP contribution is -2.29. The van der Waals surface area contributed by atoms with E-state index in [1.807, 2.05) is 60.7 Å². The van der Waals surface area contributed by atoms with Gasteiger partial charge in [0.1, 0.15) is 0 Å². The van der Waals surface area contributed by atoms with E-state index >= 15 is 0 Å². The second-order valence-corrected chi connectivity index (χ2v) is 3.94. The first-order valence-corrected chi connectivity index (χ1v) is 5.69. The Hall–Kier alpha value is -2.55. The van der Waals surface area contributed by atoms with Crippen molar-refractivity contribution in [2.24, 2.45) is 0 Å². The molecule has 0 aliphatic carbocycles. The fourth-order valence-corrected chi connectivity index (χ4v) is 1.81. The summed E-state index contributed by atoms with van der Waals surface area (Å²) in [5, 5.41) is 4.30. The Morgan fingerprint density at radius 1 is 0.833 bits per heavy atom. The SMILES string of the molecule is [CH2-][n+]1nc(-c2ccccc2)oc1-c1ccccc1. The van der Waals surface area contributed by atoms with Crippen LogP contribution in [-0.2, 0) is 0 Å². The average molecular weight is 236 g/mol. The first-order valence-electron chi connectivity index (χ1n) is 5.69. The van der Waals surface area contributed by atoms with Gasteiger partial charge in [0.25, 0.3) is 11.8 Å². The van der Waals surface area contributed by atoms with Gasteiger partial charge in [-0.2, -0.15) is 4.68 Å². The van der Waals surface area contributed by atoms with Crippen LogP contribution in [0.5, 0.6) is 0 Å². The Morgan fingerprint density at radius 3 is 2.00 bits per heavy atom. The number of hydrogen-bond donors (Lipinski definition) is 0. The van der Waals surface area contributed by atoms with Crippen molar-refractivity contribution in [3.05, 3.63) is 67.7 Å². The van der Waals surface area contributed by atoms with E-state index < -0.39 is 0 Å². The first kappa shape index (κ1) is 10.6. The van der Waals surface area contributed by atoms with Gasteiger partial charge >= 0.3 is 0 Å². The summed E-state index contributed by atoms with van der Waals surface area (Å²) in [4.78, 5) is 0. The normalized spacial score (nSPS) is 10.4. The van der Waals surface area contributed by atoms with E-state index in [0.717, 1.165) is 11.1 Å². The smallest absolute Gasteiger partial charge is 0.275 e. The topological polar surface area (TPSA) is 29.9 Å². The van der Waals surface area contributed by atoms with Crippen molar-refractivity contribution in [1.82, 2.24) is 5.10 Å². The van der Waals surface area contributed by atoms with E-state index in [-0.39, 0.29) is 0 Å². The van der Waals surface area contributed by atoms with Gasteiger partial charge in [0.2, 0.25) is 0 Å². The molecule has 0 atom stereocenters. The molecular formula is C15H12N2O. The molecule has 0 aliphatic rings. The van der Waals surface area contributed by atoms with Crippen molar-refractivity contribution < 1.29 is 9.10 Å². The Labute approximate surface area is 105 Å². The molecule has 3 heteroatoms. The minimum absolute atomic E-state index is 0.574. The summed E-state index contributed by atoms with van der Waals surface area (Å²) in [7, 11) is 3.85. The molecule has 0 aliphatic heterocycles. The molecule has 3 rings (SSSR count). The molecule has 0 N–H and O–H groups in total. The predicted octanol–water partition coefficient (Wildman–Crippen LogP) is 2.94. The van der Waals surface area contributed by atoms with Crippen LogP contribution in [0.1, 0.15) is 0 Å². The molecule has 3 aromatic rings. The van der Waals surface area contributed by atoms with Gasteiger partial charge in [-0.1, -0.05) is 48.5 Å². The van der Waals surface area contributed by atoms with Crippen LogP contribution in [0, 0.1) is 7.05 Å². The van der Waals surface area contributed by atoms with Crippen molar-refractivity contribution in [1.29, 1.82) is 0 Å². The summed E-state index contributed by atoms with van der Waals surface area (Å²) in [5.41, 5.74) is 1.90. The lowest BCUT2D eigenvalue weighted by molar-refractivity contribution is -0.663. The number of nitrogens with zero attached hydrogens (tertiary/aromatic N) is 2. The fourth-order valence-electron chi connectivity index (χ4n) is 1.81. The first-order chi connectivity index (χ1) is 8.84. The van der Waals surface area contributed by atoms with Crippen LogP contribution in [0.2, 0.25) is 0 Å². The van der Waals surface area contributed by atoms with Crippen LogP contribution in [0.3, 0.4) is 0 Å². The third-order valence-corrected chi connectivity index (χ3v) is 2.68. The minimum atomic E-state index is 0.574. The highest BCUT2D eigenvalue weighted by Crippen LogP contribution is 2.21. The zero-order valence-electron chi connectivity index (χ0n) is 9.78. The summed E-state index contributed by atoms with van der Waals surface area (Å²) in [6.07, 6.45) is 0. The predicted molar refractivity (Wildman–Crippen MR) is 68.3 cm³/mol. The van der Waals surface area contributed by atoms with Crippen molar-refractivity contribution in [3.8, 4) is 22.9 Å². The van der Waals surface area contributed by atoms with E-state index in [0.29, 0.717) is 11.8 Å². The van der Waals surface area contributed by atoms with E-state index in [1.54, 1.807) is 0 Å². The van der Waals surface area contributed by atoms with E-state index in [4.69, 9.17) is 4.42 Å². The van der Waals surface area contributed by atoms with Gasteiger partial charge in [-0.25, -0.2) is 0 Å². The monoisotopic (exact) mass is 236 g/mol. The Morgan fingerprint density at radius 2 is 1.39 bits per heavy atom. The number of aromatic nitrogens is 2. The molecule has 1 aromatic heterocycles. The molecule has 88 valence electrons. The van der Waals surface area contributed by atoms with Gasteiger partial charge in [-0.15, -0.1) is 0 Å². The van der Waals surface area contributed by atoms with Crippen molar-refractivity contribution >= 4 is 0 Å². The molecule has 0 unspecified atom stereocenters. The second-order valence-electron chi connectivity index (χ2n) is 3.94. The molecule has 0 saturated carbocycles. The average Bonchev–Trinajstić information content (AvgIpc) is 2.83. The third-order valence-electron chi connectivity index (χ3n) is 2.68. The maximum atomic E-state index is 5.78. The zero-order valence-corrected chi connectivity index (χ0v) is 9.78. The van der Waals surface area contributed by atoms with Crippen LogP contribution in [0.15, 0.2) is 65.1 Å². The van der Waals surface area contributed by atoms with Crippen LogP contribution < -0.4 is 4.68 Å². The summed E-state index contributed by atoms with van der Waals surface area (Å²) >= 11 is 0. The molecule has 0 fully saturated rings. The molecule has 0 bridgehead atoms. The largest absolute Gasteiger partial charge is 0.471 e. The van der Waals surface area contributed by atoms with Crippen LogP contribution in [-0.4, -0.2) is 5.10 Å². The standard InChI is InChI=1S/C15H12N2O/c1-17-15(13-10-6-3-7-11-13)18-14(16-17)12-8-4-2-5-9-12/h2-11H,1H2. The van der Waals surface area contributed by atoms with Crippen molar-refractivity contribution in [2.75, 3.05) is 0 Å². The van der Waals surface area contributed by atoms with E-state index in [2.05, 4.69) is 12.1 Å². The van der Waals surface area contributed by atoms with Crippen LogP contribution >= 0.6 is 0 Å². The van der Waals surface area contributed by atoms with Gasteiger partial charge in [-0.3, -0.25) is 0 Å². The number of hydrogen-bond acceptors (Lipinski definition) is 2. The van der Waals surface area contributed by atoms with E-state index in [9.17, 15) is 0 Å². The van der Waals surface area contributed by atoms with Gasteiger partial charge in [-0.05, 0) is 12.1 Å². The lowest BCUT2D eigenvalue weighted by atomic mass is 10.2. The molecule has 0 radical (unpaired) electrons. The molecule has 0 amide bonds. The lowest BCUT2D eigenvalue weighted by Gasteiger charge is -1.97. The van der Waals surface area contributed by atoms with Crippen molar-refractivity contribution in [2.45, 2.75) is 0 Å². The van der Waals surface area contributed by atoms with Gasteiger partial charge in [0.15, 0.2) is 0 Å². The highest BCUT2D eigenvalue weighted by molar-refractivity contribution is 5.55. The molecular weight excluding hydrogens is 224 g/mol. The molecule has 2 aromatic carbocycles. The summed E-state index contributed by atoms with van der Waals surface area (Å²) in [6, 6.07) is 19.6. The highest BCUT2D eigenvalue weighted by atomic mass is 16.4. The van der Waals surface area contributed by atoms with Crippen molar-refractivity contribution in [3.63, 3.8) is 0 Å². The molecule has 1 heterocycles. The zero-order chi connectivity index (χ0) is 12.4. The quantitative estimate of drug-likeness (QED) is 0.506.